The number of hydrogen-bond donors (Lipinski definition) is 1. The lowest BCUT2D eigenvalue weighted by atomic mass is 9.93. The fourth-order valence-corrected chi connectivity index (χ4v) is 2.99. The molecule has 0 aliphatic rings. The quantitative estimate of drug-likeness (QED) is 0.148. The Balaban J connectivity index is 5.43. The normalized spacial score (nSPS) is 13.0. The summed E-state index contributed by atoms with van der Waals surface area (Å²) < 4.78 is 10.1. The molecule has 34 heavy (non-hydrogen) atoms. The SMILES string of the molecule is CCN(C)C(=O)OC(C)OC(=O)C(CSC(=O)C(C)(C)CON=O)NC(=O)C(C)(C)CON=O. The first kappa shape index (κ1) is 31.0. The average molecular weight is 509 g/mol. The van der Waals surface area contributed by atoms with E-state index in [-0.39, 0.29) is 19.0 Å². The number of nitrogens with zero attached hydrogens (tertiary/aromatic N) is 3. The Bertz CT molecular complexity index is 747. The van der Waals surface area contributed by atoms with Crippen LogP contribution in [-0.2, 0) is 33.5 Å². The Morgan fingerprint density at radius 1 is 0.971 bits per heavy atom. The van der Waals surface area contributed by atoms with E-state index in [2.05, 4.69) is 25.7 Å². The summed E-state index contributed by atoms with van der Waals surface area (Å²) in [4.78, 5) is 80.3. The summed E-state index contributed by atoms with van der Waals surface area (Å²) in [6, 6.07) is -1.34. The van der Waals surface area contributed by atoms with Gasteiger partial charge in [-0.1, -0.05) is 11.8 Å². The van der Waals surface area contributed by atoms with Crippen molar-refractivity contribution in [3.05, 3.63) is 9.81 Å². The van der Waals surface area contributed by atoms with E-state index < -0.39 is 46.2 Å². The van der Waals surface area contributed by atoms with E-state index in [9.17, 15) is 29.0 Å². The van der Waals surface area contributed by atoms with Crippen LogP contribution in [0.5, 0.6) is 0 Å². The number of nitrogens with one attached hydrogen (secondary N) is 1. The van der Waals surface area contributed by atoms with Crippen LogP contribution in [0.15, 0.2) is 10.7 Å². The minimum atomic E-state index is -1.34. The van der Waals surface area contributed by atoms with Crippen LogP contribution in [0.25, 0.3) is 0 Å². The molecule has 0 bridgehead atoms. The van der Waals surface area contributed by atoms with Gasteiger partial charge in [0.05, 0.1) is 10.8 Å². The third-order valence-corrected chi connectivity index (χ3v) is 5.74. The Hall–Kier alpha value is -2.97. The summed E-state index contributed by atoms with van der Waals surface area (Å²) in [5, 5.41) is 6.52. The van der Waals surface area contributed by atoms with Gasteiger partial charge in [0.15, 0.2) is 15.8 Å². The van der Waals surface area contributed by atoms with Crippen molar-refractivity contribution in [3.8, 4) is 0 Å². The molecule has 1 N–H and O–H groups in total. The second kappa shape index (κ2) is 14.3. The zero-order valence-corrected chi connectivity index (χ0v) is 21.1. The molecule has 0 saturated heterocycles. The molecule has 0 fully saturated rings. The Morgan fingerprint density at radius 3 is 2.00 bits per heavy atom. The van der Waals surface area contributed by atoms with Crippen molar-refractivity contribution < 1.29 is 38.3 Å². The third-order valence-electron chi connectivity index (χ3n) is 4.43. The molecule has 14 nitrogen and oxygen atoms in total. The number of rotatable bonds is 15. The van der Waals surface area contributed by atoms with E-state index in [1.54, 1.807) is 6.92 Å². The second-order valence-corrected chi connectivity index (χ2v) is 9.48. The maximum atomic E-state index is 12.7. The van der Waals surface area contributed by atoms with E-state index in [1.165, 1.54) is 46.6 Å². The number of amides is 2. The summed E-state index contributed by atoms with van der Waals surface area (Å²) in [6.07, 6.45) is -2.01. The minimum absolute atomic E-state index is 0.250. The molecule has 0 aliphatic heterocycles. The molecular weight excluding hydrogens is 476 g/mol. The van der Waals surface area contributed by atoms with Crippen molar-refractivity contribution in [1.82, 2.24) is 10.2 Å². The largest absolute Gasteiger partial charge is 0.424 e. The van der Waals surface area contributed by atoms with Crippen LogP contribution < -0.4 is 5.32 Å². The van der Waals surface area contributed by atoms with Crippen LogP contribution in [-0.4, -0.2) is 72.9 Å². The van der Waals surface area contributed by atoms with Gasteiger partial charge in [-0.25, -0.2) is 9.59 Å². The van der Waals surface area contributed by atoms with Crippen LogP contribution in [0.4, 0.5) is 4.79 Å². The summed E-state index contributed by atoms with van der Waals surface area (Å²) in [6.45, 7) is 8.68. The zero-order chi connectivity index (χ0) is 26.5. The average Bonchev–Trinajstić information content (AvgIpc) is 2.77. The fraction of sp³-hybridized carbons (Fsp3) is 0.789. The lowest BCUT2D eigenvalue weighted by Crippen LogP contribution is -2.50. The number of carbonyl (C=O) groups is 4. The predicted octanol–water partition coefficient (Wildman–Crippen LogP) is 2.16. The van der Waals surface area contributed by atoms with E-state index in [4.69, 9.17) is 9.47 Å². The first-order valence-electron chi connectivity index (χ1n) is 10.2. The van der Waals surface area contributed by atoms with Crippen LogP contribution in [0, 0.1) is 20.6 Å². The lowest BCUT2D eigenvalue weighted by molar-refractivity contribution is -0.169. The van der Waals surface area contributed by atoms with E-state index in [0.717, 1.165) is 0 Å². The van der Waals surface area contributed by atoms with Gasteiger partial charge >= 0.3 is 12.1 Å². The topological polar surface area (TPSA) is 179 Å². The highest BCUT2D eigenvalue weighted by atomic mass is 32.2. The van der Waals surface area contributed by atoms with Gasteiger partial charge in [-0.3, -0.25) is 9.59 Å². The second-order valence-electron chi connectivity index (χ2n) is 8.49. The Labute approximate surface area is 201 Å². The highest BCUT2D eigenvalue weighted by Gasteiger charge is 2.36. The molecular formula is C19H32N4O10S. The monoisotopic (exact) mass is 508 g/mol. The van der Waals surface area contributed by atoms with Gasteiger partial charge < -0.3 is 29.4 Å². The van der Waals surface area contributed by atoms with Crippen LogP contribution >= 0.6 is 11.8 Å². The molecule has 15 heteroatoms. The molecule has 2 unspecified atom stereocenters. The van der Waals surface area contributed by atoms with Crippen molar-refractivity contribution in [2.75, 3.05) is 32.6 Å². The van der Waals surface area contributed by atoms with E-state index >= 15 is 0 Å². The molecule has 0 aromatic heterocycles. The lowest BCUT2D eigenvalue weighted by Gasteiger charge is -2.27. The minimum Gasteiger partial charge on any atom is -0.424 e. The summed E-state index contributed by atoms with van der Waals surface area (Å²) >= 11 is 0.696. The summed E-state index contributed by atoms with van der Waals surface area (Å²) in [5.41, 5.74) is -2.38. The van der Waals surface area contributed by atoms with Gasteiger partial charge in [0, 0.05) is 26.3 Å². The van der Waals surface area contributed by atoms with Gasteiger partial charge in [-0.2, -0.15) is 0 Å². The molecule has 2 amide bonds. The number of thioether (sulfide) groups is 1. The number of ether oxygens (including phenoxy) is 2. The fourth-order valence-electron chi connectivity index (χ4n) is 2.01. The molecule has 0 aromatic carbocycles. The van der Waals surface area contributed by atoms with Gasteiger partial charge in [-0.05, 0) is 34.6 Å². The molecule has 2 atom stereocenters. The van der Waals surface area contributed by atoms with Gasteiger partial charge in [0.25, 0.3) is 0 Å². The molecule has 194 valence electrons. The van der Waals surface area contributed by atoms with Crippen LogP contribution in [0.3, 0.4) is 0 Å². The maximum Gasteiger partial charge on any atom is 0.412 e. The van der Waals surface area contributed by atoms with Gasteiger partial charge in [0.2, 0.25) is 12.2 Å². The number of esters is 1. The predicted molar refractivity (Wildman–Crippen MR) is 121 cm³/mol. The van der Waals surface area contributed by atoms with Crippen molar-refractivity contribution in [2.45, 2.75) is 53.9 Å². The molecule has 0 heterocycles. The standard InChI is InChI=1S/C19H32N4O10S/c1-8-23(7)17(27)33-12(2)32-14(24)13(20-15(25)18(3,4)10-30-21-28)9-34-16(26)19(5,6)11-31-22-29/h12-13H,8-11H2,1-7H3,(H,20,25). The van der Waals surface area contributed by atoms with E-state index in [0.29, 0.717) is 18.3 Å². The van der Waals surface area contributed by atoms with Crippen molar-refractivity contribution in [3.63, 3.8) is 0 Å². The van der Waals surface area contributed by atoms with Crippen molar-refractivity contribution in [1.29, 1.82) is 0 Å². The van der Waals surface area contributed by atoms with Crippen LogP contribution in [0.2, 0.25) is 0 Å². The number of hydrogen-bond acceptors (Lipinski definition) is 13. The molecule has 0 aromatic rings. The highest BCUT2D eigenvalue weighted by Crippen LogP contribution is 2.26. The molecule has 0 saturated carbocycles. The first-order valence-corrected chi connectivity index (χ1v) is 11.2. The summed E-state index contributed by atoms with van der Waals surface area (Å²) in [7, 11) is 1.49. The Morgan fingerprint density at radius 2 is 1.50 bits per heavy atom. The molecule has 0 spiro atoms. The first-order chi connectivity index (χ1) is 15.7. The van der Waals surface area contributed by atoms with Crippen molar-refractivity contribution >= 4 is 34.8 Å². The third kappa shape index (κ3) is 10.8. The number of carbonyl (C=O) groups excluding carboxylic acids is 4. The van der Waals surface area contributed by atoms with Crippen molar-refractivity contribution in [2.24, 2.45) is 21.5 Å². The molecule has 0 aliphatic carbocycles. The maximum absolute atomic E-state index is 12.7. The highest BCUT2D eigenvalue weighted by molar-refractivity contribution is 8.13. The zero-order valence-electron chi connectivity index (χ0n) is 20.3. The molecule has 0 radical (unpaired) electrons. The van der Waals surface area contributed by atoms with Crippen LogP contribution in [0.1, 0.15) is 41.5 Å². The smallest absolute Gasteiger partial charge is 0.412 e. The van der Waals surface area contributed by atoms with Gasteiger partial charge in [-0.15, -0.1) is 9.81 Å². The Kier molecular flexibility index (Phi) is 13.1. The van der Waals surface area contributed by atoms with Gasteiger partial charge in [0.1, 0.15) is 19.3 Å². The summed E-state index contributed by atoms with van der Waals surface area (Å²) in [5.74, 6) is -1.91. The molecule has 0 rings (SSSR count). The van der Waals surface area contributed by atoms with E-state index in [1.807, 2.05) is 0 Å².